The van der Waals surface area contributed by atoms with Crippen LogP contribution in [0.5, 0.6) is 0 Å². The summed E-state index contributed by atoms with van der Waals surface area (Å²) in [5.41, 5.74) is -0.485. The minimum absolute atomic E-state index is 0.0903. The van der Waals surface area contributed by atoms with Gasteiger partial charge in [-0.3, -0.25) is 0 Å². The maximum Gasteiger partial charge on any atom is 0.407 e. The zero-order chi connectivity index (χ0) is 16.0. The molecule has 1 amide bonds. The van der Waals surface area contributed by atoms with Gasteiger partial charge in [-0.15, -0.1) is 12.3 Å². The van der Waals surface area contributed by atoms with Crippen molar-refractivity contribution in [2.45, 2.75) is 45.3 Å². The fraction of sp³-hybridized carbons (Fsp3) is 0.438. The number of ether oxygens (including phenoxy) is 1. The first-order chi connectivity index (χ1) is 9.71. The van der Waals surface area contributed by atoms with Crippen molar-refractivity contribution >= 4 is 6.09 Å². The minimum atomic E-state index is -0.644. The highest BCUT2D eigenvalue weighted by atomic mass is 19.1. The quantitative estimate of drug-likeness (QED) is 0.864. The Labute approximate surface area is 123 Å². The number of carbonyl (C=O) groups excluding carboxylic acids is 1. The second-order valence-electron chi connectivity index (χ2n) is 5.69. The molecule has 3 nitrogen and oxygen atoms in total. The highest BCUT2D eigenvalue weighted by molar-refractivity contribution is 5.68. The molecule has 0 radical (unpaired) electrons. The Morgan fingerprint density at radius 2 is 2.10 bits per heavy atom. The number of rotatable bonds is 4. The largest absolute Gasteiger partial charge is 0.444 e. The van der Waals surface area contributed by atoms with Gasteiger partial charge in [-0.1, -0.05) is 0 Å². The Morgan fingerprint density at radius 1 is 1.43 bits per heavy atom. The Morgan fingerprint density at radius 3 is 2.67 bits per heavy atom. The molecule has 21 heavy (non-hydrogen) atoms. The molecule has 0 bridgehead atoms. The fourth-order valence-corrected chi connectivity index (χ4v) is 1.76. The van der Waals surface area contributed by atoms with E-state index in [9.17, 15) is 13.6 Å². The number of benzene rings is 1. The number of carbonyl (C=O) groups is 1. The zero-order valence-electron chi connectivity index (χ0n) is 12.4. The van der Waals surface area contributed by atoms with Crippen molar-refractivity contribution in [1.82, 2.24) is 5.32 Å². The topological polar surface area (TPSA) is 38.3 Å². The van der Waals surface area contributed by atoms with Crippen molar-refractivity contribution in [3.05, 3.63) is 35.4 Å². The maximum absolute atomic E-state index is 13.6. The Kier molecular flexibility index (Phi) is 5.71. The molecule has 5 heteroatoms. The molecule has 1 N–H and O–H groups in total. The molecule has 1 atom stereocenters. The summed E-state index contributed by atoms with van der Waals surface area (Å²) in [6, 6.07) is 2.65. The lowest BCUT2D eigenvalue weighted by atomic mass is 10.0. The van der Waals surface area contributed by atoms with Crippen LogP contribution in [0, 0.1) is 24.0 Å². The number of amides is 1. The van der Waals surface area contributed by atoms with Crippen molar-refractivity contribution in [3.63, 3.8) is 0 Å². The molecule has 0 heterocycles. The third-order valence-corrected chi connectivity index (χ3v) is 2.56. The molecular weight excluding hydrogens is 276 g/mol. The van der Waals surface area contributed by atoms with Gasteiger partial charge in [-0.2, -0.15) is 0 Å². The first-order valence-corrected chi connectivity index (χ1v) is 6.58. The number of nitrogens with one attached hydrogen (secondary N) is 1. The van der Waals surface area contributed by atoms with Crippen LogP contribution in [0.1, 0.15) is 32.8 Å². The van der Waals surface area contributed by atoms with E-state index in [1.165, 1.54) is 0 Å². The van der Waals surface area contributed by atoms with E-state index in [-0.39, 0.29) is 18.4 Å². The highest BCUT2D eigenvalue weighted by Crippen LogP contribution is 2.14. The summed E-state index contributed by atoms with van der Waals surface area (Å²) in [5, 5.41) is 2.58. The molecule has 1 unspecified atom stereocenters. The molecule has 114 valence electrons. The number of alkyl carbamates (subject to hydrolysis) is 1. The van der Waals surface area contributed by atoms with Gasteiger partial charge in [0.05, 0.1) is 0 Å². The van der Waals surface area contributed by atoms with Gasteiger partial charge in [0.2, 0.25) is 0 Å². The molecule has 0 spiro atoms. The van der Waals surface area contributed by atoms with Gasteiger partial charge >= 0.3 is 6.09 Å². The summed E-state index contributed by atoms with van der Waals surface area (Å²) in [4.78, 5) is 11.7. The van der Waals surface area contributed by atoms with Gasteiger partial charge in [0.15, 0.2) is 0 Å². The Hall–Kier alpha value is -2.09. The molecule has 0 saturated carbocycles. The molecule has 0 aliphatic rings. The summed E-state index contributed by atoms with van der Waals surface area (Å²) in [7, 11) is 0. The van der Waals surface area contributed by atoms with Gasteiger partial charge in [0.1, 0.15) is 17.2 Å². The van der Waals surface area contributed by atoms with E-state index >= 15 is 0 Å². The summed E-state index contributed by atoms with van der Waals surface area (Å²) >= 11 is 0. The van der Waals surface area contributed by atoms with Crippen molar-refractivity contribution in [2.24, 2.45) is 0 Å². The third-order valence-electron chi connectivity index (χ3n) is 2.56. The summed E-state index contributed by atoms with van der Waals surface area (Å²) in [5.74, 6) is 1.33. The number of halogens is 2. The van der Waals surface area contributed by atoms with Crippen LogP contribution in [-0.4, -0.2) is 17.7 Å². The molecule has 0 aromatic heterocycles. The third kappa shape index (κ3) is 6.26. The summed E-state index contributed by atoms with van der Waals surface area (Å²) < 4.78 is 31.9. The van der Waals surface area contributed by atoms with Gasteiger partial charge in [-0.05, 0) is 51.0 Å². The van der Waals surface area contributed by atoms with E-state index in [1.54, 1.807) is 20.8 Å². The normalized spacial score (nSPS) is 12.4. The van der Waals surface area contributed by atoms with Gasteiger partial charge < -0.3 is 10.1 Å². The number of terminal acetylenes is 1. The van der Waals surface area contributed by atoms with E-state index in [0.29, 0.717) is 0 Å². The van der Waals surface area contributed by atoms with Crippen molar-refractivity contribution in [1.29, 1.82) is 0 Å². The average molecular weight is 295 g/mol. The smallest absolute Gasteiger partial charge is 0.407 e. The van der Waals surface area contributed by atoms with E-state index in [1.807, 2.05) is 0 Å². The monoisotopic (exact) mass is 295 g/mol. The molecule has 0 aliphatic heterocycles. The van der Waals surface area contributed by atoms with Crippen molar-refractivity contribution < 1.29 is 18.3 Å². The van der Waals surface area contributed by atoms with Gasteiger partial charge in [0, 0.05) is 12.5 Å². The van der Waals surface area contributed by atoms with Crippen molar-refractivity contribution in [2.75, 3.05) is 0 Å². The molecule has 1 aromatic carbocycles. The van der Waals surface area contributed by atoms with E-state index < -0.39 is 29.4 Å². The van der Waals surface area contributed by atoms with Crippen LogP contribution < -0.4 is 5.32 Å². The molecule has 0 aliphatic carbocycles. The van der Waals surface area contributed by atoms with Crippen LogP contribution in [-0.2, 0) is 11.2 Å². The maximum atomic E-state index is 13.6. The lowest BCUT2D eigenvalue weighted by Crippen LogP contribution is -2.40. The molecule has 1 aromatic rings. The predicted molar refractivity (Wildman–Crippen MR) is 76.7 cm³/mol. The van der Waals surface area contributed by atoms with E-state index in [2.05, 4.69) is 11.2 Å². The SMILES string of the molecule is C#CCC(Cc1cc(F)ccc1F)NC(=O)OC(C)(C)C. The predicted octanol–water partition coefficient (Wildman–Crippen LogP) is 3.42. The van der Waals surface area contributed by atoms with E-state index in [0.717, 1.165) is 18.2 Å². The fourth-order valence-electron chi connectivity index (χ4n) is 1.76. The van der Waals surface area contributed by atoms with Crippen LogP contribution in [0.2, 0.25) is 0 Å². The lowest BCUT2D eigenvalue weighted by Gasteiger charge is -2.23. The average Bonchev–Trinajstić information content (AvgIpc) is 2.31. The minimum Gasteiger partial charge on any atom is -0.444 e. The Bertz CT molecular complexity index is 544. The summed E-state index contributed by atoms with van der Waals surface area (Å²) in [6.07, 6.45) is 4.88. The lowest BCUT2D eigenvalue weighted by molar-refractivity contribution is 0.0505. The molecule has 1 rings (SSSR count). The van der Waals surface area contributed by atoms with Crippen molar-refractivity contribution in [3.8, 4) is 12.3 Å². The standard InChI is InChI=1S/C16H19F2NO2/c1-5-6-13(19-15(20)21-16(2,3)4)10-11-9-12(17)7-8-14(11)18/h1,7-9,13H,6,10H2,2-4H3,(H,19,20). The first-order valence-electron chi connectivity index (χ1n) is 6.58. The second-order valence-corrected chi connectivity index (χ2v) is 5.69. The number of hydrogen-bond acceptors (Lipinski definition) is 2. The summed E-state index contributed by atoms with van der Waals surface area (Å²) in [6.45, 7) is 5.19. The molecule has 0 saturated heterocycles. The first kappa shape index (κ1) is 17.0. The second kappa shape index (κ2) is 7.07. The molecular formula is C16H19F2NO2. The zero-order valence-corrected chi connectivity index (χ0v) is 12.4. The van der Waals surface area contributed by atoms with E-state index in [4.69, 9.17) is 11.2 Å². The van der Waals surface area contributed by atoms with Gasteiger partial charge in [-0.25, -0.2) is 13.6 Å². The highest BCUT2D eigenvalue weighted by Gasteiger charge is 2.20. The van der Waals surface area contributed by atoms with Crippen LogP contribution in [0.4, 0.5) is 13.6 Å². The Balaban J connectivity index is 2.76. The number of hydrogen-bond donors (Lipinski definition) is 1. The van der Waals surface area contributed by atoms with Crippen LogP contribution in [0.15, 0.2) is 18.2 Å². The van der Waals surface area contributed by atoms with Gasteiger partial charge in [0.25, 0.3) is 0 Å². The van der Waals surface area contributed by atoms with Crippen LogP contribution in [0.3, 0.4) is 0 Å². The molecule has 0 fully saturated rings. The van der Waals surface area contributed by atoms with Crippen LogP contribution >= 0.6 is 0 Å². The van der Waals surface area contributed by atoms with Crippen LogP contribution in [0.25, 0.3) is 0 Å².